The van der Waals surface area contributed by atoms with E-state index in [9.17, 15) is 9.59 Å². The predicted molar refractivity (Wildman–Crippen MR) is 105 cm³/mol. The van der Waals surface area contributed by atoms with Gasteiger partial charge in [0.15, 0.2) is 0 Å². The van der Waals surface area contributed by atoms with Crippen molar-refractivity contribution >= 4 is 34.1 Å². The molecule has 7 heteroatoms. The van der Waals surface area contributed by atoms with Crippen molar-refractivity contribution in [3.8, 4) is 0 Å². The molecule has 136 valence electrons. The van der Waals surface area contributed by atoms with E-state index in [-0.39, 0.29) is 11.5 Å². The number of pyridine rings is 1. The summed E-state index contributed by atoms with van der Waals surface area (Å²) < 4.78 is 1.97. The second-order valence-corrected chi connectivity index (χ2v) is 6.84. The molecule has 0 unspecified atom stereocenters. The lowest BCUT2D eigenvalue weighted by Crippen LogP contribution is -2.35. The first-order valence-corrected chi connectivity index (χ1v) is 9.00. The van der Waals surface area contributed by atoms with Crippen molar-refractivity contribution in [2.75, 3.05) is 13.1 Å². The number of carbonyl (C=O) groups is 1. The van der Waals surface area contributed by atoms with E-state index >= 15 is 0 Å². The Labute approximate surface area is 160 Å². The van der Waals surface area contributed by atoms with E-state index in [0.717, 1.165) is 11.2 Å². The summed E-state index contributed by atoms with van der Waals surface area (Å²) in [7, 11) is 0. The summed E-state index contributed by atoms with van der Waals surface area (Å²) in [4.78, 5) is 34.7. The monoisotopic (exact) mass is 380 g/mol. The van der Waals surface area contributed by atoms with E-state index in [1.807, 2.05) is 23.6 Å². The smallest absolute Gasteiger partial charge is 0.280 e. The number of nitrogens with zero attached hydrogens (tertiary/aromatic N) is 4. The highest BCUT2D eigenvalue weighted by atomic mass is 35.5. The van der Waals surface area contributed by atoms with Gasteiger partial charge in [-0.05, 0) is 43.3 Å². The standard InChI is InChI=1S/C20H17ClN4O2/c1-13-23-19(26)17-11-15(21)4-5-18(17)25(13)16-6-9-24(10-7-16)20(27)14-3-2-8-22-12-14/h2-6,8,11-12H,7,9-10H2,1H3. The van der Waals surface area contributed by atoms with Crippen LogP contribution in [0.2, 0.25) is 5.02 Å². The van der Waals surface area contributed by atoms with Crippen molar-refractivity contribution in [1.82, 2.24) is 19.4 Å². The summed E-state index contributed by atoms with van der Waals surface area (Å²) in [6.45, 7) is 2.88. The fourth-order valence-electron chi connectivity index (χ4n) is 3.39. The van der Waals surface area contributed by atoms with Crippen molar-refractivity contribution < 1.29 is 4.79 Å². The summed E-state index contributed by atoms with van der Waals surface area (Å²) in [5.74, 6) is 0.581. The Morgan fingerprint density at radius 1 is 1.26 bits per heavy atom. The molecule has 1 aliphatic heterocycles. The Morgan fingerprint density at radius 2 is 2.11 bits per heavy atom. The van der Waals surface area contributed by atoms with Gasteiger partial charge in [-0.3, -0.25) is 14.6 Å². The molecule has 0 bridgehead atoms. The molecule has 3 aromatic rings. The zero-order valence-electron chi connectivity index (χ0n) is 14.7. The molecule has 0 atom stereocenters. The summed E-state index contributed by atoms with van der Waals surface area (Å²) in [6.07, 6.45) is 5.89. The van der Waals surface area contributed by atoms with Gasteiger partial charge in [0.25, 0.3) is 11.5 Å². The van der Waals surface area contributed by atoms with Crippen molar-refractivity contribution in [3.63, 3.8) is 0 Å². The number of fused-ring (bicyclic) bond motifs is 1. The number of hydrogen-bond donors (Lipinski definition) is 0. The molecule has 0 aliphatic carbocycles. The molecule has 6 nitrogen and oxygen atoms in total. The molecular formula is C20H17ClN4O2. The maximum atomic E-state index is 12.6. The van der Waals surface area contributed by atoms with Crippen LogP contribution >= 0.6 is 11.6 Å². The van der Waals surface area contributed by atoms with E-state index in [1.165, 1.54) is 0 Å². The predicted octanol–water partition coefficient (Wildman–Crippen LogP) is 3.14. The molecule has 0 spiro atoms. The van der Waals surface area contributed by atoms with Gasteiger partial charge in [-0.2, -0.15) is 4.98 Å². The third kappa shape index (κ3) is 3.24. The van der Waals surface area contributed by atoms with Gasteiger partial charge in [-0.1, -0.05) is 11.6 Å². The number of hydrogen-bond acceptors (Lipinski definition) is 4. The number of amides is 1. The minimum atomic E-state index is -0.286. The number of carbonyl (C=O) groups excluding carboxylic acids is 1. The van der Waals surface area contributed by atoms with Gasteiger partial charge in [0, 0.05) is 42.6 Å². The van der Waals surface area contributed by atoms with Gasteiger partial charge >= 0.3 is 0 Å². The summed E-state index contributed by atoms with van der Waals surface area (Å²) in [5, 5.41) is 0.991. The first-order chi connectivity index (χ1) is 13.0. The maximum Gasteiger partial charge on any atom is 0.280 e. The van der Waals surface area contributed by atoms with Crippen LogP contribution in [-0.4, -0.2) is 38.4 Å². The molecule has 0 N–H and O–H groups in total. The van der Waals surface area contributed by atoms with Gasteiger partial charge in [0.1, 0.15) is 5.82 Å². The first kappa shape index (κ1) is 17.4. The normalized spacial score (nSPS) is 14.3. The Hall–Kier alpha value is -2.99. The quantitative estimate of drug-likeness (QED) is 0.685. The van der Waals surface area contributed by atoms with Gasteiger partial charge in [-0.15, -0.1) is 0 Å². The second-order valence-electron chi connectivity index (χ2n) is 6.40. The van der Waals surface area contributed by atoms with Crippen molar-refractivity contribution in [2.45, 2.75) is 13.3 Å². The van der Waals surface area contributed by atoms with Gasteiger partial charge in [0.2, 0.25) is 0 Å². The van der Waals surface area contributed by atoms with Crippen LogP contribution in [-0.2, 0) is 0 Å². The van der Waals surface area contributed by atoms with E-state index in [0.29, 0.717) is 41.3 Å². The third-order valence-electron chi connectivity index (χ3n) is 4.68. The average Bonchev–Trinajstić information content (AvgIpc) is 2.69. The number of halogens is 1. The molecule has 3 heterocycles. The molecule has 0 saturated heterocycles. The Bertz CT molecular complexity index is 1120. The van der Waals surface area contributed by atoms with E-state index in [2.05, 4.69) is 9.97 Å². The second kappa shape index (κ2) is 6.96. The number of aryl methyl sites for hydroxylation is 1. The topological polar surface area (TPSA) is 68.1 Å². The highest BCUT2D eigenvalue weighted by Crippen LogP contribution is 2.24. The highest BCUT2D eigenvalue weighted by molar-refractivity contribution is 6.31. The zero-order chi connectivity index (χ0) is 19.0. The molecule has 0 radical (unpaired) electrons. The molecule has 0 saturated carbocycles. The number of benzene rings is 1. The van der Waals surface area contributed by atoms with Crippen LogP contribution in [0.1, 0.15) is 22.6 Å². The largest absolute Gasteiger partial charge is 0.334 e. The Morgan fingerprint density at radius 3 is 2.81 bits per heavy atom. The first-order valence-electron chi connectivity index (χ1n) is 8.62. The van der Waals surface area contributed by atoms with E-state index in [1.54, 1.807) is 41.6 Å². The van der Waals surface area contributed by atoms with Crippen LogP contribution < -0.4 is 5.56 Å². The lowest BCUT2D eigenvalue weighted by molar-refractivity contribution is 0.0771. The summed E-state index contributed by atoms with van der Waals surface area (Å²) in [5.41, 5.74) is 2.08. The van der Waals surface area contributed by atoms with Gasteiger partial charge in [0.05, 0.1) is 16.5 Å². The van der Waals surface area contributed by atoms with E-state index < -0.39 is 0 Å². The van der Waals surface area contributed by atoms with Crippen molar-refractivity contribution in [3.05, 3.63) is 75.6 Å². The Kier molecular flexibility index (Phi) is 4.49. The Balaban J connectivity index is 1.69. The minimum absolute atomic E-state index is 0.0372. The van der Waals surface area contributed by atoms with Crippen LogP contribution in [0.5, 0.6) is 0 Å². The summed E-state index contributed by atoms with van der Waals surface area (Å²) >= 11 is 6.04. The van der Waals surface area contributed by atoms with Crippen molar-refractivity contribution in [1.29, 1.82) is 0 Å². The maximum absolute atomic E-state index is 12.6. The minimum Gasteiger partial charge on any atom is -0.334 e. The van der Waals surface area contributed by atoms with Crippen LogP contribution in [0.3, 0.4) is 0 Å². The lowest BCUT2D eigenvalue weighted by atomic mass is 10.1. The van der Waals surface area contributed by atoms with E-state index in [4.69, 9.17) is 11.6 Å². The molecule has 0 fully saturated rings. The lowest BCUT2D eigenvalue weighted by Gasteiger charge is -2.28. The van der Waals surface area contributed by atoms with Crippen LogP contribution in [0, 0.1) is 6.92 Å². The molecular weight excluding hydrogens is 364 g/mol. The molecule has 1 aliphatic rings. The zero-order valence-corrected chi connectivity index (χ0v) is 15.5. The average molecular weight is 381 g/mol. The third-order valence-corrected chi connectivity index (χ3v) is 4.92. The van der Waals surface area contributed by atoms with Gasteiger partial charge < -0.3 is 9.47 Å². The van der Waals surface area contributed by atoms with Crippen LogP contribution in [0.4, 0.5) is 0 Å². The molecule has 4 rings (SSSR count). The van der Waals surface area contributed by atoms with Crippen LogP contribution in [0.25, 0.3) is 16.6 Å². The number of aromatic nitrogens is 3. The van der Waals surface area contributed by atoms with Gasteiger partial charge in [-0.25, -0.2) is 0 Å². The SMILES string of the molecule is Cc1nc(=O)c2cc(Cl)ccc2n1C1=CCN(C(=O)c2cccnc2)CC1. The van der Waals surface area contributed by atoms with Crippen LogP contribution in [0.15, 0.2) is 53.6 Å². The summed E-state index contributed by atoms with van der Waals surface area (Å²) in [6, 6.07) is 8.76. The fourth-order valence-corrected chi connectivity index (χ4v) is 3.56. The molecule has 2 aromatic heterocycles. The fraction of sp³-hybridized carbons (Fsp3) is 0.200. The number of rotatable bonds is 2. The molecule has 1 aromatic carbocycles. The highest BCUT2D eigenvalue weighted by Gasteiger charge is 2.21. The van der Waals surface area contributed by atoms with Crippen molar-refractivity contribution in [2.24, 2.45) is 0 Å². The molecule has 27 heavy (non-hydrogen) atoms. The molecule has 1 amide bonds.